The topological polar surface area (TPSA) is 82.8 Å². The van der Waals surface area contributed by atoms with Crippen LogP contribution in [0.3, 0.4) is 0 Å². The van der Waals surface area contributed by atoms with Crippen LogP contribution in [0, 0.1) is 5.41 Å². The molecule has 3 aromatic rings. The molecule has 0 spiro atoms. The Bertz CT molecular complexity index is 946. The number of hydrogen-bond acceptors (Lipinski definition) is 6. The second-order valence-corrected chi connectivity index (χ2v) is 7.71. The number of carbonyl (C=O) groups excluding carboxylic acids is 1. The first-order valence-electron chi connectivity index (χ1n) is 7.78. The smallest absolute Gasteiger partial charge is 0.249 e. The highest BCUT2D eigenvalue weighted by molar-refractivity contribution is 9.10. The first-order valence-corrected chi connectivity index (χ1v) is 8.57. The van der Waals surface area contributed by atoms with E-state index in [1.807, 2.05) is 10.7 Å². The van der Waals surface area contributed by atoms with Gasteiger partial charge in [-0.2, -0.15) is 0 Å². The first-order chi connectivity index (χ1) is 11.8. The fraction of sp³-hybridized carbons (Fsp3) is 0.353. The molecule has 8 heteroatoms. The molecule has 0 aliphatic carbocycles. The number of ketones is 1. The molecule has 2 aromatic heterocycles. The lowest BCUT2D eigenvalue weighted by atomic mass is 9.97. The van der Waals surface area contributed by atoms with Gasteiger partial charge in [-0.1, -0.05) is 26.0 Å². The standard InChI is InChI=1S/C17H18BrN5O2/c1-10(24)14-16(20-8-7-19-14)25-12-6-5-11-15(13(12)18)21-22-23(11)9-17(2,3)4/h5-8H,9H2,1-4H3. The predicted octanol–water partition coefficient (Wildman–Crippen LogP) is 4.02. The third-order valence-corrected chi connectivity index (χ3v) is 4.19. The van der Waals surface area contributed by atoms with Gasteiger partial charge in [-0.15, -0.1) is 5.10 Å². The number of fused-ring (bicyclic) bond motifs is 1. The molecule has 0 saturated carbocycles. The molecule has 2 heterocycles. The Morgan fingerprint density at radius 1 is 1.24 bits per heavy atom. The maximum absolute atomic E-state index is 11.7. The number of benzene rings is 1. The van der Waals surface area contributed by atoms with Crippen molar-refractivity contribution in [3.63, 3.8) is 0 Å². The molecule has 0 aliphatic heterocycles. The van der Waals surface area contributed by atoms with Crippen LogP contribution in [0.1, 0.15) is 38.2 Å². The fourth-order valence-corrected chi connectivity index (χ4v) is 2.87. The zero-order chi connectivity index (χ0) is 18.2. The van der Waals surface area contributed by atoms with E-state index in [1.54, 1.807) is 6.07 Å². The summed E-state index contributed by atoms with van der Waals surface area (Å²) in [6, 6.07) is 3.69. The summed E-state index contributed by atoms with van der Waals surface area (Å²) in [4.78, 5) is 19.8. The first kappa shape index (κ1) is 17.5. The van der Waals surface area contributed by atoms with Crippen molar-refractivity contribution in [2.45, 2.75) is 34.2 Å². The lowest BCUT2D eigenvalue weighted by Gasteiger charge is -2.18. The molecule has 0 aliphatic rings. The molecule has 130 valence electrons. The largest absolute Gasteiger partial charge is 0.436 e. The van der Waals surface area contributed by atoms with Crippen molar-refractivity contribution < 1.29 is 9.53 Å². The van der Waals surface area contributed by atoms with Gasteiger partial charge >= 0.3 is 0 Å². The van der Waals surface area contributed by atoms with Crippen molar-refractivity contribution in [2.75, 3.05) is 0 Å². The van der Waals surface area contributed by atoms with Crippen LogP contribution in [0.2, 0.25) is 0 Å². The maximum Gasteiger partial charge on any atom is 0.249 e. The molecule has 0 amide bonds. The second-order valence-electron chi connectivity index (χ2n) is 6.92. The van der Waals surface area contributed by atoms with Crippen LogP contribution in [0.25, 0.3) is 11.0 Å². The molecule has 0 N–H and O–H groups in total. The molecule has 0 saturated heterocycles. The Balaban J connectivity index is 2.00. The quantitative estimate of drug-likeness (QED) is 0.611. The molecule has 1 aromatic carbocycles. The van der Waals surface area contributed by atoms with Crippen molar-refractivity contribution in [3.8, 4) is 11.6 Å². The molecule has 0 bridgehead atoms. The van der Waals surface area contributed by atoms with Gasteiger partial charge in [0.05, 0.1) is 9.99 Å². The highest BCUT2D eigenvalue weighted by atomic mass is 79.9. The zero-order valence-electron chi connectivity index (χ0n) is 14.4. The van der Waals surface area contributed by atoms with Crippen LogP contribution in [-0.4, -0.2) is 30.7 Å². The third-order valence-electron chi connectivity index (χ3n) is 3.42. The van der Waals surface area contributed by atoms with Gasteiger partial charge in [0.1, 0.15) is 11.3 Å². The van der Waals surface area contributed by atoms with Crippen molar-refractivity contribution in [3.05, 3.63) is 34.7 Å². The average Bonchev–Trinajstić information content (AvgIpc) is 2.92. The van der Waals surface area contributed by atoms with E-state index in [-0.39, 0.29) is 22.8 Å². The number of hydrogen-bond donors (Lipinski definition) is 0. The van der Waals surface area contributed by atoms with Crippen molar-refractivity contribution in [2.24, 2.45) is 5.41 Å². The summed E-state index contributed by atoms with van der Waals surface area (Å²) in [7, 11) is 0. The van der Waals surface area contributed by atoms with E-state index in [0.717, 1.165) is 12.1 Å². The monoisotopic (exact) mass is 403 g/mol. The van der Waals surface area contributed by atoms with Crippen LogP contribution in [-0.2, 0) is 6.54 Å². The normalized spacial score (nSPS) is 11.7. The minimum atomic E-state index is -0.212. The van der Waals surface area contributed by atoms with Gasteiger partial charge in [-0.3, -0.25) is 4.79 Å². The molecule has 0 unspecified atom stereocenters. The number of carbonyl (C=O) groups is 1. The van der Waals surface area contributed by atoms with Crippen LogP contribution in [0.15, 0.2) is 29.0 Å². The Labute approximate surface area is 153 Å². The van der Waals surface area contributed by atoms with E-state index in [1.165, 1.54) is 19.3 Å². The molecule has 0 radical (unpaired) electrons. The molecular formula is C17H18BrN5O2. The van der Waals surface area contributed by atoms with E-state index >= 15 is 0 Å². The van der Waals surface area contributed by atoms with Crippen LogP contribution < -0.4 is 4.74 Å². The summed E-state index contributed by atoms with van der Waals surface area (Å²) >= 11 is 3.52. The van der Waals surface area contributed by atoms with E-state index < -0.39 is 0 Å². The number of halogens is 1. The summed E-state index contributed by atoms with van der Waals surface area (Å²) in [5.41, 5.74) is 1.86. The van der Waals surface area contributed by atoms with Crippen LogP contribution >= 0.6 is 15.9 Å². The Morgan fingerprint density at radius 2 is 1.96 bits per heavy atom. The fourth-order valence-electron chi connectivity index (χ4n) is 2.38. The number of ether oxygens (including phenoxy) is 1. The van der Waals surface area contributed by atoms with E-state index in [0.29, 0.717) is 15.7 Å². The molecular weight excluding hydrogens is 386 g/mol. The van der Waals surface area contributed by atoms with Gasteiger partial charge in [0, 0.05) is 25.9 Å². The summed E-state index contributed by atoms with van der Waals surface area (Å²) in [6.07, 6.45) is 2.94. The average molecular weight is 404 g/mol. The van der Waals surface area contributed by atoms with E-state index in [9.17, 15) is 4.79 Å². The highest BCUT2D eigenvalue weighted by Gasteiger charge is 2.19. The molecule has 3 rings (SSSR count). The predicted molar refractivity (Wildman–Crippen MR) is 96.8 cm³/mol. The van der Waals surface area contributed by atoms with Crippen LogP contribution in [0.5, 0.6) is 11.6 Å². The van der Waals surface area contributed by atoms with Gasteiger partial charge in [-0.25, -0.2) is 14.6 Å². The Morgan fingerprint density at radius 3 is 2.64 bits per heavy atom. The molecule has 25 heavy (non-hydrogen) atoms. The summed E-state index contributed by atoms with van der Waals surface area (Å²) in [5, 5.41) is 8.48. The Kier molecular flexibility index (Phi) is 4.55. The van der Waals surface area contributed by atoms with Gasteiger partial charge in [-0.05, 0) is 33.5 Å². The van der Waals surface area contributed by atoms with Crippen molar-refractivity contribution in [1.82, 2.24) is 25.0 Å². The van der Waals surface area contributed by atoms with Crippen LogP contribution in [0.4, 0.5) is 0 Å². The van der Waals surface area contributed by atoms with Crippen molar-refractivity contribution >= 4 is 32.7 Å². The number of rotatable bonds is 4. The highest BCUT2D eigenvalue weighted by Crippen LogP contribution is 2.35. The molecule has 0 atom stereocenters. The van der Waals surface area contributed by atoms with Gasteiger partial charge in [0.25, 0.3) is 0 Å². The number of Topliss-reactive ketones (excluding diaryl/α,β-unsaturated/α-hetero) is 1. The van der Waals surface area contributed by atoms with E-state index in [4.69, 9.17) is 4.74 Å². The number of aromatic nitrogens is 5. The zero-order valence-corrected chi connectivity index (χ0v) is 16.0. The summed E-state index contributed by atoms with van der Waals surface area (Å²) in [5.74, 6) is 0.451. The van der Waals surface area contributed by atoms with Gasteiger partial charge in [0.2, 0.25) is 5.88 Å². The second kappa shape index (κ2) is 6.51. The SMILES string of the molecule is CC(=O)c1nccnc1Oc1ccc2c(nnn2CC(C)(C)C)c1Br. The summed E-state index contributed by atoms with van der Waals surface area (Å²) in [6.45, 7) is 8.60. The van der Waals surface area contributed by atoms with E-state index in [2.05, 4.69) is 57.0 Å². The van der Waals surface area contributed by atoms with Gasteiger partial charge in [0.15, 0.2) is 11.5 Å². The summed E-state index contributed by atoms with van der Waals surface area (Å²) < 4.78 is 8.33. The lowest BCUT2D eigenvalue weighted by molar-refractivity contribution is 0.101. The minimum Gasteiger partial charge on any atom is -0.436 e. The molecule has 7 nitrogen and oxygen atoms in total. The minimum absolute atomic E-state index is 0.0816. The van der Waals surface area contributed by atoms with Gasteiger partial charge < -0.3 is 4.74 Å². The van der Waals surface area contributed by atoms with Crippen molar-refractivity contribution in [1.29, 1.82) is 0 Å². The Hall–Kier alpha value is -2.35. The maximum atomic E-state index is 11.7. The third kappa shape index (κ3) is 3.68. The number of nitrogens with zero attached hydrogens (tertiary/aromatic N) is 5. The molecule has 0 fully saturated rings. The lowest BCUT2D eigenvalue weighted by Crippen LogP contribution is -2.16.